The number of halogens is 1. The van der Waals surface area contributed by atoms with E-state index in [1.54, 1.807) is 55.5 Å². The summed E-state index contributed by atoms with van der Waals surface area (Å²) in [6.07, 6.45) is 0. The van der Waals surface area contributed by atoms with Crippen LogP contribution in [0.4, 0.5) is 5.13 Å². The molecule has 41 heavy (non-hydrogen) atoms. The molecule has 0 spiro atoms. The molecule has 1 aromatic heterocycles. The molecule has 4 aromatic rings. The van der Waals surface area contributed by atoms with Gasteiger partial charge in [-0.3, -0.25) is 14.5 Å². The number of methoxy groups -OCH3 is 1. The highest BCUT2D eigenvalue weighted by Gasteiger charge is 2.48. The van der Waals surface area contributed by atoms with Gasteiger partial charge in [-0.25, -0.2) is 9.78 Å². The van der Waals surface area contributed by atoms with Crippen LogP contribution >= 0.6 is 27.3 Å². The van der Waals surface area contributed by atoms with Crippen LogP contribution in [0.15, 0.2) is 82.8 Å². The second-order valence-electron chi connectivity index (χ2n) is 9.36. The fraction of sp³-hybridized carbons (Fsp3) is 0.161. The Kier molecular flexibility index (Phi) is 8.05. The van der Waals surface area contributed by atoms with Crippen molar-refractivity contribution in [3.8, 4) is 5.75 Å². The number of esters is 1. The summed E-state index contributed by atoms with van der Waals surface area (Å²) in [6.45, 7) is 4.02. The lowest BCUT2D eigenvalue weighted by molar-refractivity contribution is -0.132. The molecule has 1 N–H and O–H groups in total. The normalized spacial score (nSPS) is 16.2. The first-order valence-corrected chi connectivity index (χ1v) is 14.2. The molecule has 8 nitrogen and oxygen atoms in total. The van der Waals surface area contributed by atoms with Crippen LogP contribution in [0.25, 0.3) is 5.76 Å². The predicted octanol–water partition coefficient (Wildman–Crippen LogP) is 6.51. The van der Waals surface area contributed by atoms with Gasteiger partial charge in [-0.15, -0.1) is 0 Å². The molecular weight excluding hydrogens is 608 g/mol. The quantitative estimate of drug-likeness (QED) is 0.107. The van der Waals surface area contributed by atoms with E-state index in [9.17, 15) is 19.5 Å². The van der Waals surface area contributed by atoms with Gasteiger partial charge in [-0.2, -0.15) is 0 Å². The topological polar surface area (TPSA) is 106 Å². The van der Waals surface area contributed by atoms with E-state index in [0.29, 0.717) is 29.2 Å². The number of rotatable bonds is 7. The Balaban J connectivity index is 1.53. The summed E-state index contributed by atoms with van der Waals surface area (Å²) in [5, 5.41) is 11.6. The van der Waals surface area contributed by atoms with Gasteiger partial charge < -0.3 is 14.6 Å². The lowest BCUT2D eigenvalue weighted by Crippen LogP contribution is -2.29. The van der Waals surface area contributed by atoms with Crippen LogP contribution in [0, 0.1) is 13.8 Å². The zero-order chi connectivity index (χ0) is 29.3. The second-order valence-corrected chi connectivity index (χ2v) is 11.3. The molecule has 1 aliphatic heterocycles. The number of benzene rings is 3. The lowest BCUT2D eigenvalue weighted by Gasteiger charge is -2.23. The van der Waals surface area contributed by atoms with E-state index in [1.807, 2.05) is 31.2 Å². The third-order valence-corrected chi connectivity index (χ3v) is 8.44. The Morgan fingerprint density at radius 2 is 1.71 bits per heavy atom. The van der Waals surface area contributed by atoms with Crippen molar-refractivity contribution in [1.29, 1.82) is 0 Å². The van der Waals surface area contributed by atoms with E-state index in [-0.39, 0.29) is 21.3 Å². The van der Waals surface area contributed by atoms with Crippen LogP contribution in [-0.2, 0) is 20.9 Å². The number of nitrogens with zero attached hydrogens (tertiary/aromatic N) is 2. The highest BCUT2D eigenvalue weighted by molar-refractivity contribution is 9.10. The minimum absolute atomic E-state index is 0.0848. The number of carbonyl (C=O) groups excluding carboxylic acids is 3. The molecule has 1 atom stereocenters. The van der Waals surface area contributed by atoms with Gasteiger partial charge >= 0.3 is 11.9 Å². The van der Waals surface area contributed by atoms with Gasteiger partial charge in [-0.1, -0.05) is 63.7 Å². The average molecular weight is 634 g/mol. The fourth-order valence-corrected chi connectivity index (χ4v) is 5.83. The molecule has 0 bridgehead atoms. The van der Waals surface area contributed by atoms with Gasteiger partial charge in [0, 0.05) is 10.0 Å². The van der Waals surface area contributed by atoms with Gasteiger partial charge in [0.05, 0.1) is 24.4 Å². The van der Waals surface area contributed by atoms with E-state index >= 15 is 0 Å². The van der Waals surface area contributed by atoms with Crippen molar-refractivity contribution < 1.29 is 29.0 Å². The maximum absolute atomic E-state index is 13.4. The monoisotopic (exact) mass is 632 g/mol. The molecule has 1 unspecified atom stereocenters. The molecule has 1 aliphatic rings. The summed E-state index contributed by atoms with van der Waals surface area (Å²) in [5.74, 6) is -2.05. The molecule has 5 rings (SSSR count). The van der Waals surface area contributed by atoms with Crippen LogP contribution < -0.4 is 9.64 Å². The van der Waals surface area contributed by atoms with Crippen LogP contribution in [0.5, 0.6) is 5.75 Å². The molecule has 3 aromatic carbocycles. The summed E-state index contributed by atoms with van der Waals surface area (Å²) in [7, 11) is 1.26. The molecule has 0 saturated carbocycles. The second kappa shape index (κ2) is 11.7. The predicted molar refractivity (Wildman–Crippen MR) is 159 cm³/mol. The van der Waals surface area contributed by atoms with Gasteiger partial charge in [0.15, 0.2) is 5.13 Å². The van der Waals surface area contributed by atoms with Crippen LogP contribution in [-0.4, -0.2) is 34.9 Å². The van der Waals surface area contributed by atoms with E-state index in [4.69, 9.17) is 9.47 Å². The van der Waals surface area contributed by atoms with E-state index in [2.05, 4.69) is 20.9 Å². The van der Waals surface area contributed by atoms with Crippen LogP contribution in [0.1, 0.15) is 43.7 Å². The third kappa shape index (κ3) is 5.53. The Hall–Kier alpha value is -4.28. The van der Waals surface area contributed by atoms with Crippen molar-refractivity contribution in [2.24, 2.45) is 0 Å². The molecule has 0 radical (unpaired) electrons. The SMILES string of the molecule is COC(=O)c1sc(N2C(=O)C(=O)C(=C(O)c3ccc(OCc4ccccc4C)cc3)C2c2ccc(Br)cc2)nc1C. The molecule has 208 valence electrons. The minimum atomic E-state index is -0.976. The number of carbonyl (C=O) groups is 3. The molecule has 2 heterocycles. The lowest BCUT2D eigenvalue weighted by atomic mass is 9.95. The molecular formula is C31H25BrN2O6S. The number of hydrogen-bond acceptors (Lipinski definition) is 8. The highest BCUT2D eigenvalue weighted by atomic mass is 79.9. The van der Waals surface area contributed by atoms with Gasteiger partial charge in [0.2, 0.25) is 0 Å². The number of aliphatic hydroxyl groups excluding tert-OH is 1. The number of Topliss-reactive ketones (excluding diaryl/α,β-unsaturated/α-hetero) is 1. The number of aryl methyl sites for hydroxylation is 2. The Labute approximate surface area is 249 Å². The number of hydrogen-bond donors (Lipinski definition) is 1. The summed E-state index contributed by atoms with van der Waals surface area (Å²) in [4.78, 5) is 44.9. The molecule has 1 saturated heterocycles. The molecule has 0 aliphatic carbocycles. The first kappa shape index (κ1) is 28.3. The average Bonchev–Trinajstić information content (AvgIpc) is 3.48. The largest absolute Gasteiger partial charge is 0.507 e. The maximum atomic E-state index is 13.4. The minimum Gasteiger partial charge on any atom is -0.507 e. The number of aliphatic hydroxyl groups is 1. The zero-order valence-electron chi connectivity index (χ0n) is 22.4. The van der Waals surface area contributed by atoms with Crippen molar-refractivity contribution >= 4 is 55.8 Å². The van der Waals surface area contributed by atoms with Gasteiger partial charge in [0.1, 0.15) is 23.0 Å². The first-order valence-electron chi connectivity index (χ1n) is 12.6. The van der Waals surface area contributed by atoms with Crippen molar-refractivity contribution in [3.05, 3.63) is 116 Å². The first-order chi connectivity index (χ1) is 19.7. The van der Waals surface area contributed by atoms with Crippen LogP contribution in [0.2, 0.25) is 0 Å². The van der Waals surface area contributed by atoms with E-state index < -0.39 is 23.7 Å². The Bertz CT molecular complexity index is 1680. The van der Waals surface area contributed by atoms with E-state index in [1.165, 1.54) is 12.0 Å². The van der Waals surface area contributed by atoms with E-state index in [0.717, 1.165) is 26.9 Å². The Morgan fingerprint density at radius 3 is 2.37 bits per heavy atom. The smallest absolute Gasteiger partial charge is 0.350 e. The number of aromatic nitrogens is 1. The summed E-state index contributed by atoms with van der Waals surface area (Å²) >= 11 is 4.36. The van der Waals surface area contributed by atoms with Gasteiger partial charge in [-0.05, 0) is 66.9 Å². The third-order valence-electron chi connectivity index (χ3n) is 6.78. The summed E-state index contributed by atoms with van der Waals surface area (Å²) in [5.41, 5.74) is 3.39. The zero-order valence-corrected chi connectivity index (χ0v) is 24.8. The summed E-state index contributed by atoms with van der Waals surface area (Å²) < 4.78 is 11.6. The molecule has 10 heteroatoms. The maximum Gasteiger partial charge on any atom is 0.350 e. The molecule has 1 amide bonds. The summed E-state index contributed by atoms with van der Waals surface area (Å²) in [6, 6.07) is 20.7. The number of amides is 1. The van der Waals surface area contributed by atoms with Crippen molar-refractivity contribution in [3.63, 3.8) is 0 Å². The number of ether oxygens (including phenoxy) is 2. The number of anilines is 1. The number of ketones is 1. The fourth-order valence-electron chi connectivity index (χ4n) is 4.56. The van der Waals surface area contributed by atoms with Gasteiger partial charge in [0.25, 0.3) is 5.78 Å². The highest BCUT2D eigenvalue weighted by Crippen LogP contribution is 2.44. The number of thiazole rings is 1. The Morgan fingerprint density at radius 1 is 1.02 bits per heavy atom. The molecule has 1 fully saturated rings. The van der Waals surface area contributed by atoms with Crippen molar-refractivity contribution in [2.75, 3.05) is 12.0 Å². The van der Waals surface area contributed by atoms with Crippen LogP contribution in [0.3, 0.4) is 0 Å². The van der Waals surface area contributed by atoms with Crippen molar-refractivity contribution in [1.82, 2.24) is 4.98 Å². The van der Waals surface area contributed by atoms with Crippen molar-refractivity contribution in [2.45, 2.75) is 26.5 Å². The standard InChI is InChI=1S/C31H25BrN2O6S/c1-17-6-4-5-7-21(17)16-40-23-14-10-20(11-15-23)26(35)24-25(19-8-12-22(32)13-9-19)34(29(37)27(24)36)31-33-18(2)28(41-31)30(38)39-3/h4-15,25,35H,16H2,1-3H3.